The van der Waals surface area contributed by atoms with E-state index in [0.29, 0.717) is 0 Å². The van der Waals surface area contributed by atoms with E-state index >= 15 is 0 Å². The zero-order chi connectivity index (χ0) is 30.5. The molecule has 1 amide bonds. The highest BCUT2D eigenvalue weighted by Gasteiger charge is 2.95. The lowest BCUT2D eigenvalue weighted by atomic mass is 9.88. The third kappa shape index (κ3) is 6.35. The maximum Gasteiger partial charge on any atom is 0.460 e. The van der Waals surface area contributed by atoms with Gasteiger partial charge in [0.15, 0.2) is 0 Å². The van der Waals surface area contributed by atoms with E-state index in [9.17, 15) is 79.4 Å². The fourth-order valence-electron chi connectivity index (χ4n) is 2.18. The van der Waals surface area contributed by atoms with Gasteiger partial charge >= 0.3 is 53.7 Å². The Morgan fingerprint density at radius 3 is 1.30 bits per heavy atom. The van der Waals surface area contributed by atoms with Crippen molar-refractivity contribution in [2.75, 3.05) is 6.54 Å². The summed E-state index contributed by atoms with van der Waals surface area (Å²) in [6.07, 6.45) is -11.8. The lowest BCUT2D eigenvalue weighted by Crippen LogP contribution is -2.74. The number of rotatable bonds is 10. The summed E-state index contributed by atoms with van der Waals surface area (Å²) >= 11 is 0.766. The number of alkyl carbamates (subject to hydrolysis) is 1. The van der Waals surface area contributed by atoms with Gasteiger partial charge in [-0.15, -0.1) is 0 Å². The Morgan fingerprint density at radius 2 is 0.973 bits per heavy atom. The van der Waals surface area contributed by atoms with Crippen molar-refractivity contribution in [3.63, 3.8) is 0 Å². The van der Waals surface area contributed by atoms with Crippen molar-refractivity contribution in [2.24, 2.45) is 0 Å². The molecule has 0 bridgehead atoms. The van der Waals surface area contributed by atoms with Crippen LogP contribution in [0.2, 0.25) is 0 Å². The highest BCUT2D eigenvalue weighted by Crippen LogP contribution is 2.64. The van der Waals surface area contributed by atoms with Crippen LogP contribution in [0, 0.1) is 0 Å². The lowest BCUT2D eigenvalue weighted by Gasteiger charge is -2.43. The van der Waals surface area contributed by atoms with E-state index in [1.807, 2.05) is 0 Å². The topological polar surface area (TPSA) is 38.3 Å². The minimum absolute atomic E-state index is 0.766. The molecular formula is C16H15F17INO2. The Balaban J connectivity index is 6.19. The van der Waals surface area contributed by atoms with Gasteiger partial charge in [0.05, 0.1) is 0 Å². The van der Waals surface area contributed by atoms with Gasteiger partial charge in [0.1, 0.15) is 5.60 Å². The summed E-state index contributed by atoms with van der Waals surface area (Å²) in [4.78, 5) is 11.4. The molecule has 0 aromatic heterocycles. The third-order valence-electron chi connectivity index (χ3n) is 4.13. The number of ether oxygens (including phenoxy) is 1. The molecule has 0 radical (unpaired) electrons. The van der Waals surface area contributed by atoms with Crippen LogP contribution >= 0.6 is 22.6 Å². The van der Waals surface area contributed by atoms with Crippen molar-refractivity contribution in [3.05, 3.63) is 0 Å². The number of carbonyl (C=O) groups excluding carboxylic acids is 1. The molecule has 1 atom stereocenters. The van der Waals surface area contributed by atoms with Crippen LogP contribution < -0.4 is 5.32 Å². The predicted octanol–water partition coefficient (Wildman–Crippen LogP) is 7.71. The molecule has 21 heteroatoms. The highest BCUT2D eigenvalue weighted by atomic mass is 127. The lowest BCUT2D eigenvalue weighted by molar-refractivity contribution is -0.461. The molecule has 0 aliphatic rings. The van der Waals surface area contributed by atoms with E-state index in [0.717, 1.165) is 22.6 Å². The van der Waals surface area contributed by atoms with E-state index in [1.54, 1.807) is 5.32 Å². The standard InChI is InChI=1S/C16H15F17INO2/c1-8(2,3)37-7(36)35-5-6(34)4-9(17,18)10(19,20)11(21,22)12(23,24)13(25,26)14(27,28)15(29,30)16(31,32)33/h6H,4-5H2,1-3H3,(H,35,36). The molecule has 37 heavy (non-hydrogen) atoms. The van der Waals surface area contributed by atoms with Crippen LogP contribution in [-0.2, 0) is 4.74 Å². The minimum Gasteiger partial charge on any atom is -0.444 e. The molecule has 0 aliphatic carbocycles. The molecule has 0 saturated heterocycles. The van der Waals surface area contributed by atoms with Crippen molar-refractivity contribution < 1.29 is 84.2 Å². The molecule has 0 saturated carbocycles. The van der Waals surface area contributed by atoms with Crippen molar-refractivity contribution in [3.8, 4) is 0 Å². The van der Waals surface area contributed by atoms with Crippen LogP contribution in [0.3, 0.4) is 0 Å². The third-order valence-corrected chi connectivity index (χ3v) is 5.01. The largest absolute Gasteiger partial charge is 0.460 e. The second kappa shape index (κ2) is 10.1. The van der Waals surface area contributed by atoms with Gasteiger partial charge in [-0.1, -0.05) is 22.6 Å². The molecule has 0 fully saturated rings. The SMILES string of the molecule is CC(C)(C)OC(=O)NCC(I)CC(F)(F)C(F)(F)C(F)(F)C(F)(F)C(F)(F)C(F)(F)C(F)(F)C(F)(F)F. The molecule has 0 aromatic rings. The zero-order valence-electron chi connectivity index (χ0n) is 18.1. The van der Waals surface area contributed by atoms with Crippen LogP contribution in [-0.4, -0.2) is 69.8 Å². The van der Waals surface area contributed by atoms with Crippen LogP contribution in [0.25, 0.3) is 0 Å². The Bertz CT molecular complexity index is 819. The highest BCUT2D eigenvalue weighted by molar-refractivity contribution is 14.1. The number of hydrogen-bond acceptors (Lipinski definition) is 2. The summed E-state index contributed by atoms with van der Waals surface area (Å²) in [5.41, 5.74) is -1.19. The Kier molecular flexibility index (Phi) is 9.76. The predicted molar refractivity (Wildman–Crippen MR) is 97.3 cm³/mol. The van der Waals surface area contributed by atoms with Crippen LogP contribution in [0.5, 0.6) is 0 Å². The summed E-state index contributed by atoms with van der Waals surface area (Å²) in [6.45, 7) is 2.77. The molecule has 0 heterocycles. The normalized spacial score (nSPS) is 16.5. The Labute approximate surface area is 209 Å². The molecule has 1 N–H and O–H groups in total. The van der Waals surface area contributed by atoms with E-state index in [1.165, 1.54) is 20.8 Å². The Morgan fingerprint density at radius 1 is 0.649 bits per heavy atom. The smallest absolute Gasteiger partial charge is 0.444 e. The molecule has 1 unspecified atom stereocenters. The van der Waals surface area contributed by atoms with E-state index in [4.69, 9.17) is 0 Å². The van der Waals surface area contributed by atoms with Gasteiger partial charge in [-0.25, -0.2) is 4.79 Å². The number of amides is 1. The number of halogens is 18. The van der Waals surface area contributed by atoms with Crippen molar-refractivity contribution in [1.29, 1.82) is 0 Å². The van der Waals surface area contributed by atoms with Crippen LogP contribution in [0.15, 0.2) is 0 Å². The molecule has 0 spiro atoms. The van der Waals surface area contributed by atoms with Crippen LogP contribution in [0.4, 0.5) is 79.4 Å². The number of alkyl halides is 18. The fraction of sp³-hybridized carbons (Fsp3) is 0.938. The fourth-order valence-corrected chi connectivity index (χ4v) is 2.96. The monoisotopic (exact) mass is 703 g/mol. The summed E-state index contributed by atoms with van der Waals surface area (Å²) in [5, 5.41) is 1.67. The van der Waals surface area contributed by atoms with E-state index in [-0.39, 0.29) is 0 Å². The molecular weight excluding hydrogens is 688 g/mol. The van der Waals surface area contributed by atoms with Crippen molar-refractivity contribution >= 4 is 28.7 Å². The zero-order valence-corrected chi connectivity index (χ0v) is 20.3. The molecule has 0 aliphatic heterocycles. The Hall–Kier alpha value is -1.19. The maximum atomic E-state index is 13.9. The summed E-state index contributed by atoms with van der Waals surface area (Å²) in [5.74, 6) is -56.6. The van der Waals surface area contributed by atoms with Gasteiger partial charge in [0, 0.05) is 16.9 Å². The number of hydrogen-bond donors (Lipinski definition) is 1. The van der Waals surface area contributed by atoms with Gasteiger partial charge in [-0.3, -0.25) is 0 Å². The van der Waals surface area contributed by atoms with Gasteiger partial charge in [0.25, 0.3) is 0 Å². The second-order valence-corrected chi connectivity index (χ2v) is 10.1. The summed E-state index contributed by atoms with van der Waals surface area (Å²) in [7, 11) is 0. The van der Waals surface area contributed by atoms with Gasteiger partial charge < -0.3 is 10.1 Å². The summed E-state index contributed by atoms with van der Waals surface area (Å²) < 4.78 is 227. The van der Waals surface area contributed by atoms with E-state index in [2.05, 4.69) is 4.74 Å². The summed E-state index contributed by atoms with van der Waals surface area (Å²) in [6, 6.07) is 0. The minimum atomic E-state index is -8.66. The van der Waals surface area contributed by atoms with Crippen molar-refractivity contribution in [2.45, 2.75) is 84.4 Å². The van der Waals surface area contributed by atoms with Gasteiger partial charge in [0.2, 0.25) is 0 Å². The first-order chi connectivity index (χ1) is 15.7. The number of carbonyl (C=O) groups is 1. The molecule has 222 valence electrons. The number of nitrogens with one attached hydrogen (secondary N) is 1. The average Bonchev–Trinajstić information content (AvgIpc) is 2.62. The average molecular weight is 703 g/mol. The van der Waals surface area contributed by atoms with Crippen LogP contribution in [0.1, 0.15) is 27.2 Å². The first kappa shape index (κ1) is 35.8. The van der Waals surface area contributed by atoms with Gasteiger partial charge in [-0.05, 0) is 20.8 Å². The first-order valence-electron chi connectivity index (χ1n) is 9.07. The van der Waals surface area contributed by atoms with Gasteiger partial charge in [-0.2, -0.15) is 74.6 Å². The second-order valence-electron chi connectivity index (χ2n) is 8.33. The molecule has 3 nitrogen and oxygen atoms in total. The van der Waals surface area contributed by atoms with E-state index < -0.39 is 76.2 Å². The molecule has 0 aromatic carbocycles. The molecule has 0 rings (SSSR count). The van der Waals surface area contributed by atoms with Crippen molar-refractivity contribution in [1.82, 2.24) is 5.32 Å². The quantitative estimate of drug-likeness (QED) is 0.144. The maximum absolute atomic E-state index is 13.9. The first-order valence-corrected chi connectivity index (χ1v) is 10.3.